The van der Waals surface area contributed by atoms with Crippen LogP contribution in [0.3, 0.4) is 0 Å². The Bertz CT molecular complexity index is 558. The summed E-state index contributed by atoms with van der Waals surface area (Å²) in [6.07, 6.45) is 2.61. The average molecular weight is 327 g/mol. The van der Waals surface area contributed by atoms with Crippen LogP contribution in [0.25, 0.3) is 0 Å². The minimum absolute atomic E-state index is 0.0539. The minimum Gasteiger partial charge on any atom is -0.352 e. The molecule has 1 atom stereocenters. The minimum atomic E-state index is -2.92. The van der Waals surface area contributed by atoms with Gasteiger partial charge < -0.3 is 5.32 Å². The van der Waals surface area contributed by atoms with Crippen molar-refractivity contribution in [3.63, 3.8) is 0 Å². The number of nitrogens with one attached hydrogen (secondary N) is 1. The molecule has 4 nitrogen and oxygen atoms in total. The summed E-state index contributed by atoms with van der Waals surface area (Å²) >= 11 is 1.60. The predicted molar refractivity (Wildman–Crippen MR) is 87.3 cm³/mol. The Morgan fingerprint density at radius 1 is 1.29 bits per heavy atom. The number of carbonyl (C=O) groups excluding carboxylic acids is 1. The van der Waals surface area contributed by atoms with Crippen LogP contribution in [-0.2, 0) is 21.1 Å². The van der Waals surface area contributed by atoms with Crippen LogP contribution in [0.4, 0.5) is 0 Å². The molecule has 21 heavy (non-hydrogen) atoms. The van der Waals surface area contributed by atoms with Crippen molar-refractivity contribution >= 4 is 27.5 Å². The Labute approximate surface area is 130 Å². The lowest BCUT2D eigenvalue weighted by Gasteiger charge is -2.10. The SMILES string of the molecule is O=C(CSCCCc1ccccc1)NC1CCS(=O)(=O)C1. The Kier molecular flexibility index (Phi) is 6.11. The highest BCUT2D eigenvalue weighted by atomic mass is 32.2. The summed E-state index contributed by atoms with van der Waals surface area (Å²) in [7, 11) is -2.92. The molecule has 1 heterocycles. The molecule has 0 aromatic heterocycles. The summed E-state index contributed by atoms with van der Waals surface area (Å²) in [5, 5.41) is 2.80. The molecule has 116 valence electrons. The van der Waals surface area contributed by atoms with Crippen molar-refractivity contribution in [3.05, 3.63) is 35.9 Å². The number of rotatable bonds is 7. The normalized spacial score (nSPS) is 20.3. The molecule has 1 N–H and O–H groups in total. The molecule has 1 fully saturated rings. The fraction of sp³-hybridized carbons (Fsp3) is 0.533. The molecule has 6 heteroatoms. The highest BCUT2D eigenvalue weighted by Gasteiger charge is 2.28. The highest BCUT2D eigenvalue weighted by Crippen LogP contribution is 2.12. The van der Waals surface area contributed by atoms with Crippen LogP contribution in [-0.4, -0.2) is 43.4 Å². The number of amides is 1. The van der Waals surface area contributed by atoms with Gasteiger partial charge in [0.15, 0.2) is 9.84 Å². The zero-order chi connectivity index (χ0) is 15.1. The van der Waals surface area contributed by atoms with Crippen molar-refractivity contribution in [2.24, 2.45) is 0 Å². The van der Waals surface area contributed by atoms with Crippen LogP contribution in [0.2, 0.25) is 0 Å². The molecular formula is C15H21NO3S2. The zero-order valence-corrected chi connectivity index (χ0v) is 13.6. The first-order valence-electron chi connectivity index (χ1n) is 7.17. The molecule has 0 bridgehead atoms. The summed E-state index contributed by atoms with van der Waals surface area (Å²) in [5.74, 6) is 1.58. The van der Waals surface area contributed by atoms with Crippen LogP contribution < -0.4 is 5.32 Å². The third-order valence-corrected chi connectivity index (χ3v) is 6.24. The molecule has 1 amide bonds. The summed E-state index contributed by atoms with van der Waals surface area (Å²) in [4.78, 5) is 11.7. The fourth-order valence-corrected chi connectivity index (χ4v) is 4.80. The highest BCUT2D eigenvalue weighted by molar-refractivity contribution is 7.99. The average Bonchev–Trinajstić information content (AvgIpc) is 2.78. The molecular weight excluding hydrogens is 306 g/mol. The van der Waals surface area contributed by atoms with Crippen molar-refractivity contribution in [2.75, 3.05) is 23.0 Å². The van der Waals surface area contributed by atoms with E-state index in [4.69, 9.17) is 0 Å². The van der Waals surface area contributed by atoms with Crippen LogP contribution in [0.15, 0.2) is 30.3 Å². The van der Waals surface area contributed by atoms with Gasteiger partial charge in [0.2, 0.25) is 5.91 Å². The van der Waals surface area contributed by atoms with Gasteiger partial charge in [-0.3, -0.25) is 4.79 Å². The van der Waals surface area contributed by atoms with E-state index in [1.165, 1.54) is 5.56 Å². The third-order valence-electron chi connectivity index (χ3n) is 3.43. The maximum atomic E-state index is 11.7. The fourth-order valence-electron chi connectivity index (χ4n) is 2.37. The first-order chi connectivity index (χ1) is 10.1. The van der Waals surface area contributed by atoms with Gasteiger partial charge >= 0.3 is 0 Å². The molecule has 1 unspecified atom stereocenters. The predicted octanol–water partition coefficient (Wildman–Crippen LogP) is 1.66. The summed E-state index contributed by atoms with van der Waals surface area (Å²) < 4.78 is 22.6. The Morgan fingerprint density at radius 2 is 2.05 bits per heavy atom. The van der Waals surface area contributed by atoms with Gasteiger partial charge in [0.25, 0.3) is 0 Å². The van der Waals surface area contributed by atoms with Crippen LogP contribution in [0, 0.1) is 0 Å². The number of hydrogen-bond acceptors (Lipinski definition) is 4. The second-order valence-electron chi connectivity index (χ2n) is 5.31. The topological polar surface area (TPSA) is 63.2 Å². The third kappa shape index (κ3) is 6.09. The molecule has 0 aliphatic carbocycles. The largest absolute Gasteiger partial charge is 0.352 e. The maximum Gasteiger partial charge on any atom is 0.230 e. The molecule has 1 aromatic carbocycles. The smallest absolute Gasteiger partial charge is 0.230 e. The molecule has 0 radical (unpaired) electrons. The van der Waals surface area contributed by atoms with Crippen molar-refractivity contribution in [3.8, 4) is 0 Å². The van der Waals surface area contributed by atoms with E-state index in [0.29, 0.717) is 12.2 Å². The van der Waals surface area contributed by atoms with Crippen LogP contribution in [0.1, 0.15) is 18.4 Å². The van der Waals surface area contributed by atoms with Crippen LogP contribution >= 0.6 is 11.8 Å². The molecule has 2 rings (SSSR count). The Morgan fingerprint density at radius 3 is 2.71 bits per heavy atom. The maximum absolute atomic E-state index is 11.7. The van der Waals surface area contributed by atoms with E-state index < -0.39 is 9.84 Å². The number of carbonyl (C=O) groups is 1. The van der Waals surface area contributed by atoms with Gasteiger partial charge in [-0.2, -0.15) is 11.8 Å². The van der Waals surface area contributed by atoms with Gasteiger partial charge in [0, 0.05) is 6.04 Å². The monoisotopic (exact) mass is 327 g/mol. The quantitative estimate of drug-likeness (QED) is 0.774. The zero-order valence-electron chi connectivity index (χ0n) is 12.0. The van der Waals surface area contributed by atoms with Gasteiger partial charge in [0.05, 0.1) is 17.3 Å². The number of aryl methyl sites for hydroxylation is 1. The molecule has 1 aromatic rings. The Hall–Kier alpha value is -1.01. The molecule has 0 spiro atoms. The summed E-state index contributed by atoms with van der Waals surface area (Å²) in [6, 6.07) is 10.1. The van der Waals surface area contributed by atoms with Crippen LogP contribution in [0.5, 0.6) is 0 Å². The van der Waals surface area contributed by atoms with E-state index >= 15 is 0 Å². The van der Waals surface area contributed by atoms with E-state index in [1.54, 1.807) is 11.8 Å². The molecule has 1 saturated heterocycles. The van der Waals surface area contributed by atoms with Gasteiger partial charge in [-0.25, -0.2) is 8.42 Å². The first kappa shape index (κ1) is 16.4. The second kappa shape index (κ2) is 7.84. The van der Waals surface area contributed by atoms with Gasteiger partial charge in [0.1, 0.15) is 0 Å². The summed E-state index contributed by atoms with van der Waals surface area (Å²) in [6.45, 7) is 0. The number of thioether (sulfide) groups is 1. The lowest BCUT2D eigenvalue weighted by molar-refractivity contribution is -0.119. The van der Waals surface area contributed by atoms with Gasteiger partial charge in [-0.05, 0) is 30.6 Å². The Balaban J connectivity index is 1.55. The summed E-state index contributed by atoms with van der Waals surface area (Å²) in [5.41, 5.74) is 1.32. The van der Waals surface area contributed by atoms with Gasteiger partial charge in [-0.1, -0.05) is 30.3 Å². The number of hydrogen-bond donors (Lipinski definition) is 1. The lowest BCUT2D eigenvalue weighted by atomic mass is 10.1. The van der Waals surface area contributed by atoms with Crippen molar-refractivity contribution < 1.29 is 13.2 Å². The van der Waals surface area contributed by atoms with E-state index in [1.807, 2.05) is 18.2 Å². The lowest BCUT2D eigenvalue weighted by Crippen LogP contribution is -2.36. The second-order valence-corrected chi connectivity index (χ2v) is 8.64. The van der Waals surface area contributed by atoms with Crippen molar-refractivity contribution in [1.29, 1.82) is 0 Å². The first-order valence-corrected chi connectivity index (χ1v) is 10.1. The van der Waals surface area contributed by atoms with Crippen molar-refractivity contribution in [2.45, 2.75) is 25.3 Å². The van der Waals surface area contributed by atoms with Gasteiger partial charge in [-0.15, -0.1) is 0 Å². The standard InChI is InChI=1S/C15H21NO3S2/c17-15(16-14-8-10-21(18,19)12-14)11-20-9-4-7-13-5-2-1-3-6-13/h1-3,5-6,14H,4,7-12H2,(H,16,17). The van der Waals surface area contributed by atoms with E-state index in [2.05, 4.69) is 17.4 Å². The molecule has 0 saturated carbocycles. The van der Waals surface area contributed by atoms with Crippen molar-refractivity contribution in [1.82, 2.24) is 5.32 Å². The molecule has 1 aliphatic rings. The molecule has 1 aliphatic heterocycles. The number of benzene rings is 1. The van der Waals surface area contributed by atoms with E-state index in [-0.39, 0.29) is 23.5 Å². The van der Waals surface area contributed by atoms with E-state index in [9.17, 15) is 13.2 Å². The van der Waals surface area contributed by atoms with E-state index in [0.717, 1.165) is 18.6 Å². The number of sulfone groups is 1.